The van der Waals surface area contributed by atoms with Gasteiger partial charge in [0.05, 0.1) is 0 Å². The van der Waals surface area contributed by atoms with Crippen molar-refractivity contribution in [3.8, 4) is 0 Å². The number of rotatable bonds is 3. The van der Waals surface area contributed by atoms with Crippen molar-refractivity contribution in [3.05, 3.63) is 41.0 Å². The molecule has 0 radical (unpaired) electrons. The Morgan fingerprint density at radius 2 is 2.00 bits per heavy atom. The van der Waals surface area contributed by atoms with Crippen molar-refractivity contribution in [1.29, 1.82) is 0 Å². The largest absolute Gasteiger partial charge is 0.330 e. The molecule has 1 aromatic carbocycles. The Bertz CT molecular complexity index is 390. The molecule has 1 aliphatic rings. The fourth-order valence-corrected chi connectivity index (χ4v) is 2.40. The third kappa shape index (κ3) is 2.53. The van der Waals surface area contributed by atoms with Crippen molar-refractivity contribution >= 4 is 5.57 Å². The van der Waals surface area contributed by atoms with Gasteiger partial charge in [0.2, 0.25) is 0 Å². The van der Waals surface area contributed by atoms with Gasteiger partial charge < -0.3 is 5.73 Å². The van der Waals surface area contributed by atoms with Crippen LogP contribution in [0.2, 0.25) is 0 Å². The van der Waals surface area contributed by atoms with Crippen LogP contribution in [0.1, 0.15) is 42.9 Å². The first-order valence-electron chi connectivity index (χ1n) is 6.30. The maximum absolute atomic E-state index is 5.52. The zero-order valence-corrected chi connectivity index (χ0v) is 10.1. The monoisotopic (exact) mass is 215 g/mol. The second-order valence-corrected chi connectivity index (χ2v) is 4.66. The van der Waals surface area contributed by atoms with Gasteiger partial charge >= 0.3 is 0 Å². The van der Waals surface area contributed by atoms with Crippen LogP contribution < -0.4 is 5.73 Å². The summed E-state index contributed by atoms with van der Waals surface area (Å²) >= 11 is 0. The van der Waals surface area contributed by atoms with Crippen LogP contribution in [-0.4, -0.2) is 6.54 Å². The number of aryl methyl sites for hydroxylation is 2. The van der Waals surface area contributed by atoms with E-state index in [2.05, 4.69) is 31.2 Å². The van der Waals surface area contributed by atoms with E-state index in [0.717, 1.165) is 13.0 Å². The van der Waals surface area contributed by atoms with E-state index in [-0.39, 0.29) is 0 Å². The van der Waals surface area contributed by atoms with Gasteiger partial charge in [-0.15, -0.1) is 0 Å². The van der Waals surface area contributed by atoms with E-state index in [4.69, 9.17) is 5.73 Å². The molecule has 2 N–H and O–H groups in total. The van der Waals surface area contributed by atoms with Gasteiger partial charge in [0, 0.05) is 0 Å². The molecule has 0 heterocycles. The molecule has 0 saturated heterocycles. The zero-order valence-electron chi connectivity index (χ0n) is 10.1. The van der Waals surface area contributed by atoms with E-state index < -0.39 is 0 Å². The van der Waals surface area contributed by atoms with E-state index in [1.165, 1.54) is 36.8 Å². The van der Waals surface area contributed by atoms with Gasteiger partial charge in [-0.1, -0.05) is 24.3 Å². The molecule has 0 aromatic heterocycles. The number of fused-ring (bicyclic) bond motifs is 1. The van der Waals surface area contributed by atoms with Crippen molar-refractivity contribution in [2.45, 2.75) is 39.0 Å². The van der Waals surface area contributed by atoms with Crippen LogP contribution in [0.15, 0.2) is 24.3 Å². The molecule has 16 heavy (non-hydrogen) atoms. The summed E-state index contributed by atoms with van der Waals surface area (Å²) < 4.78 is 0. The minimum absolute atomic E-state index is 0.738. The summed E-state index contributed by atoms with van der Waals surface area (Å²) in [6.45, 7) is 2.92. The summed E-state index contributed by atoms with van der Waals surface area (Å²) in [5.74, 6) is 0. The van der Waals surface area contributed by atoms with Gasteiger partial charge in [0.1, 0.15) is 0 Å². The van der Waals surface area contributed by atoms with Gasteiger partial charge in [-0.25, -0.2) is 0 Å². The van der Waals surface area contributed by atoms with Crippen LogP contribution in [0.3, 0.4) is 0 Å². The Labute approximate surface area is 98.4 Å². The number of benzene rings is 1. The molecular weight excluding hydrogens is 194 g/mol. The molecule has 1 nitrogen and oxygen atoms in total. The zero-order chi connectivity index (χ0) is 11.4. The van der Waals surface area contributed by atoms with Gasteiger partial charge in [-0.05, 0) is 67.8 Å². The van der Waals surface area contributed by atoms with E-state index in [0.29, 0.717) is 0 Å². The summed E-state index contributed by atoms with van der Waals surface area (Å²) in [6, 6.07) is 6.94. The molecule has 0 bridgehead atoms. The standard InChI is InChI=1S/C15H21N/c1-12(5-4-10-16)14-9-8-13-6-2-3-7-15(13)11-14/h5,8-9,11H,2-4,6-7,10,16H2,1H3/b12-5+. The van der Waals surface area contributed by atoms with E-state index in [1.807, 2.05) is 0 Å². The highest BCUT2D eigenvalue weighted by molar-refractivity contribution is 5.64. The van der Waals surface area contributed by atoms with Crippen LogP contribution in [0.4, 0.5) is 0 Å². The van der Waals surface area contributed by atoms with Crippen molar-refractivity contribution in [1.82, 2.24) is 0 Å². The van der Waals surface area contributed by atoms with Crippen LogP contribution in [0, 0.1) is 0 Å². The topological polar surface area (TPSA) is 26.0 Å². The summed E-state index contributed by atoms with van der Waals surface area (Å²) in [5, 5.41) is 0. The molecule has 0 spiro atoms. The van der Waals surface area contributed by atoms with Gasteiger partial charge in [-0.2, -0.15) is 0 Å². The first-order chi connectivity index (χ1) is 7.81. The third-order valence-corrected chi connectivity index (χ3v) is 3.42. The van der Waals surface area contributed by atoms with Crippen LogP contribution in [0.5, 0.6) is 0 Å². The van der Waals surface area contributed by atoms with Crippen LogP contribution in [-0.2, 0) is 12.8 Å². The van der Waals surface area contributed by atoms with E-state index in [1.54, 1.807) is 11.1 Å². The molecule has 0 atom stereocenters. The van der Waals surface area contributed by atoms with Crippen molar-refractivity contribution in [3.63, 3.8) is 0 Å². The Morgan fingerprint density at radius 3 is 2.75 bits per heavy atom. The van der Waals surface area contributed by atoms with Crippen LogP contribution >= 0.6 is 0 Å². The normalized spacial score (nSPS) is 16.0. The smallest absolute Gasteiger partial charge is 0.00424 e. The molecular formula is C15H21N. The minimum atomic E-state index is 0.738. The highest BCUT2D eigenvalue weighted by atomic mass is 14.5. The summed E-state index contributed by atoms with van der Waals surface area (Å²) in [7, 11) is 0. The first kappa shape index (κ1) is 11.4. The fourth-order valence-electron chi connectivity index (χ4n) is 2.40. The second-order valence-electron chi connectivity index (χ2n) is 4.66. The second kappa shape index (κ2) is 5.31. The van der Waals surface area contributed by atoms with Gasteiger partial charge in [0.15, 0.2) is 0 Å². The number of hydrogen-bond donors (Lipinski definition) is 1. The molecule has 0 amide bonds. The lowest BCUT2D eigenvalue weighted by molar-refractivity contribution is 0.685. The molecule has 86 valence electrons. The quantitative estimate of drug-likeness (QED) is 0.822. The van der Waals surface area contributed by atoms with Crippen LogP contribution in [0.25, 0.3) is 5.57 Å². The average molecular weight is 215 g/mol. The molecule has 0 unspecified atom stereocenters. The Hall–Kier alpha value is -1.08. The van der Waals surface area contributed by atoms with Gasteiger partial charge in [0.25, 0.3) is 0 Å². The fraction of sp³-hybridized carbons (Fsp3) is 0.467. The number of allylic oxidation sites excluding steroid dienone is 1. The van der Waals surface area contributed by atoms with E-state index in [9.17, 15) is 0 Å². The highest BCUT2D eigenvalue weighted by Gasteiger charge is 2.09. The summed E-state index contributed by atoms with van der Waals surface area (Å²) in [6.07, 6.45) is 8.44. The number of nitrogens with two attached hydrogens (primary N) is 1. The molecule has 0 fully saturated rings. The average Bonchev–Trinajstić information content (AvgIpc) is 2.35. The predicted molar refractivity (Wildman–Crippen MR) is 70.4 cm³/mol. The summed E-state index contributed by atoms with van der Waals surface area (Å²) in [4.78, 5) is 0. The van der Waals surface area contributed by atoms with Gasteiger partial charge in [-0.3, -0.25) is 0 Å². The lowest BCUT2D eigenvalue weighted by Crippen LogP contribution is -2.02. The lowest BCUT2D eigenvalue weighted by Gasteiger charge is -2.16. The first-order valence-corrected chi connectivity index (χ1v) is 6.30. The van der Waals surface area contributed by atoms with Crippen molar-refractivity contribution < 1.29 is 0 Å². The third-order valence-electron chi connectivity index (χ3n) is 3.42. The maximum Gasteiger partial charge on any atom is -0.00424 e. The lowest BCUT2D eigenvalue weighted by atomic mass is 9.89. The Balaban J connectivity index is 2.22. The molecule has 0 saturated carbocycles. The molecule has 1 aromatic rings. The maximum atomic E-state index is 5.52. The highest BCUT2D eigenvalue weighted by Crippen LogP contribution is 2.25. The Morgan fingerprint density at radius 1 is 1.25 bits per heavy atom. The predicted octanol–water partition coefficient (Wildman–Crippen LogP) is 3.32. The molecule has 1 aliphatic carbocycles. The SMILES string of the molecule is C/C(=C\CCN)c1ccc2c(c1)CCCC2. The van der Waals surface area contributed by atoms with Crippen molar-refractivity contribution in [2.24, 2.45) is 5.73 Å². The van der Waals surface area contributed by atoms with E-state index >= 15 is 0 Å². The summed E-state index contributed by atoms with van der Waals surface area (Å²) in [5.41, 5.74) is 11.4. The Kier molecular flexibility index (Phi) is 3.79. The van der Waals surface area contributed by atoms with Crippen molar-refractivity contribution in [2.75, 3.05) is 6.54 Å². The molecule has 2 rings (SSSR count). The minimum Gasteiger partial charge on any atom is -0.330 e. The number of hydrogen-bond acceptors (Lipinski definition) is 1. The molecule has 1 heteroatoms. The molecule has 0 aliphatic heterocycles.